The van der Waals surface area contributed by atoms with E-state index in [1.54, 1.807) is 0 Å². The quantitative estimate of drug-likeness (QED) is 0.430. The second-order valence-corrected chi connectivity index (χ2v) is 9.26. The molecule has 8 nitrogen and oxygen atoms in total. The lowest BCUT2D eigenvalue weighted by atomic mass is 10.0. The molecule has 0 aliphatic carbocycles. The summed E-state index contributed by atoms with van der Waals surface area (Å²) in [5.41, 5.74) is 1.85. The summed E-state index contributed by atoms with van der Waals surface area (Å²) < 4.78 is 10.0. The van der Waals surface area contributed by atoms with Crippen molar-refractivity contribution < 1.29 is 29.0 Å². The predicted octanol–water partition coefficient (Wildman–Crippen LogP) is 2.96. The van der Waals surface area contributed by atoms with Crippen LogP contribution in [0.4, 0.5) is 4.79 Å². The maximum atomic E-state index is 12.8. The van der Waals surface area contributed by atoms with Crippen molar-refractivity contribution in [2.24, 2.45) is 5.92 Å². The van der Waals surface area contributed by atoms with Gasteiger partial charge in [-0.1, -0.05) is 44.2 Å². The number of nitrogens with one attached hydrogen (secondary N) is 2. The van der Waals surface area contributed by atoms with Crippen LogP contribution in [0.25, 0.3) is 0 Å². The van der Waals surface area contributed by atoms with Crippen molar-refractivity contribution in [3.63, 3.8) is 0 Å². The standard InChI is InChI=1S/C24H32N2O6S/c1-15(2)10-20(23(29)31-4)25-22(28)21(27)19(12-18-11-16(3)14-33-18)26-24(30)32-13-17-8-6-5-7-9-17/h5-9,11,14-15,19-21,27H,10,12-13H2,1-4H3,(H,25,28)(H,26,30)/t19-,20-,21+/m0/s1. The monoisotopic (exact) mass is 476 g/mol. The van der Waals surface area contributed by atoms with Crippen LogP contribution in [0.2, 0.25) is 0 Å². The number of benzene rings is 1. The van der Waals surface area contributed by atoms with Gasteiger partial charge in [-0.15, -0.1) is 11.3 Å². The van der Waals surface area contributed by atoms with E-state index in [9.17, 15) is 19.5 Å². The summed E-state index contributed by atoms with van der Waals surface area (Å²) in [7, 11) is 1.24. The van der Waals surface area contributed by atoms with Gasteiger partial charge in [-0.3, -0.25) is 4.79 Å². The lowest BCUT2D eigenvalue weighted by Gasteiger charge is -2.25. The van der Waals surface area contributed by atoms with Crippen LogP contribution in [0, 0.1) is 12.8 Å². The number of rotatable bonds is 11. The number of carbonyl (C=O) groups excluding carboxylic acids is 3. The second kappa shape index (κ2) is 13.0. The number of methoxy groups -OCH3 is 1. The smallest absolute Gasteiger partial charge is 0.407 e. The molecule has 0 radical (unpaired) electrons. The summed E-state index contributed by atoms with van der Waals surface area (Å²) in [6.07, 6.45) is -1.78. The molecule has 1 aromatic heterocycles. The van der Waals surface area contributed by atoms with E-state index in [1.807, 2.05) is 62.5 Å². The minimum absolute atomic E-state index is 0.0542. The third kappa shape index (κ3) is 8.86. The van der Waals surface area contributed by atoms with Gasteiger partial charge in [0.05, 0.1) is 13.2 Å². The first-order valence-electron chi connectivity index (χ1n) is 10.8. The third-order valence-electron chi connectivity index (χ3n) is 4.88. The number of hydrogen-bond donors (Lipinski definition) is 3. The first-order valence-corrected chi connectivity index (χ1v) is 11.6. The van der Waals surface area contributed by atoms with E-state index < -0.39 is 36.2 Å². The SMILES string of the molecule is COC(=O)[C@H](CC(C)C)NC(=O)[C@H](O)[C@H](Cc1cc(C)cs1)NC(=O)OCc1ccccc1. The Morgan fingerprint density at radius 3 is 2.39 bits per heavy atom. The topological polar surface area (TPSA) is 114 Å². The average Bonchev–Trinajstić information content (AvgIpc) is 3.20. The van der Waals surface area contributed by atoms with Crippen LogP contribution in [0.15, 0.2) is 41.8 Å². The molecule has 3 atom stereocenters. The molecular weight excluding hydrogens is 444 g/mol. The predicted molar refractivity (Wildman–Crippen MR) is 126 cm³/mol. The Morgan fingerprint density at radius 2 is 1.82 bits per heavy atom. The molecule has 0 saturated carbocycles. The van der Waals surface area contributed by atoms with Gasteiger partial charge in [0.15, 0.2) is 6.10 Å². The van der Waals surface area contributed by atoms with Gasteiger partial charge in [0.1, 0.15) is 12.6 Å². The Bertz CT molecular complexity index is 915. The first kappa shape index (κ1) is 26.3. The molecule has 0 fully saturated rings. The summed E-state index contributed by atoms with van der Waals surface area (Å²) in [5.74, 6) is -1.25. The number of aryl methyl sites for hydroxylation is 1. The van der Waals surface area contributed by atoms with Crippen molar-refractivity contribution in [2.45, 2.75) is 58.4 Å². The largest absolute Gasteiger partial charge is 0.467 e. The molecule has 0 bridgehead atoms. The molecule has 0 aliphatic rings. The molecule has 180 valence electrons. The number of thiophene rings is 1. The van der Waals surface area contributed by atoms with Crippen molar-refractivity contribution >= 4 is 29.3 Å². The Labute approximate surface area is 198 Å². The maximum Gasteiger partial charge on any atom is 0.407 e. The van der Waals surface area contributed by atoms with Crippen LogP contribution in [0.1, 0.15) is 36.3 Å². The Kier molecular flexibility index (Phi) is 10.3. The Balaban J connectivity index is 2.09. The van der Waals surface area contributed by atoms with Gasteiger partial charge < -0.3 is 25.2 Å². The van der Waals surface area contributed by atoms with Gasteiger partial charge in [0.2, 0.25) is 0 Å². The van der Waals surface area contributed by atoms with Gasteiger partial charge in [-0.25, -0.2) is 9.59 Å². The van der Waals surface area contributed by atoms with E-state index in [0.29, 0.717) is 6.42 Å². The fourth-order valence-electron chi connectivity index (χ4n) is 3.24. The molecule has 0 unspecified atom stereocenters. The molecule has 0 aliphatic heterocycles. The summed E-state index contributed by atoms with van der Waals surface area (Å²) in [5, 5.41) is 17.9. The zero-order chi connectivity index (χ0) is 24.4. The summed E-state index contributed by atoms with van der Waals surface area (Å²) in [4.78, 5) is 38.2. The summed E-state index contributed by atoms with van der Waals surface area (Å²) in [6, 6.07) is 9.25. The number of carbonyl (C=O) groups is 3. The molecular formula is C24H32N2O6S. The highest BCUT2D eigenvalue weighted by Crippen LogP contribution is 2.17. The summed E-state index contributed by atoms with van der Waals surface area (Å²) >= 11 is 1.47. The van der Waals surface area contributed by atoms with Crippen molar-refractivity contribution in [1.82, 2.24) is 10.6 Å². The van der Waals surface area contributed by atoms with E-state index in [-0.39, 0.29) is 18.9 Å². The minimum atomic E-state index is -1.60. The minimum Gasteiger partial charge on any atom is -0.467 e. The van der Waals surface area contributed by atoms with Crippen molar-refractivity contribution in [1.29, 1.82) is 0 Å². The number of aliphatic hydroxyl groups is 1. The van der Waals surface area contributed by atoms with Crippen LogP contribution in [0.5, 0.6) is 0 Å². The lowest BCUT2D eigenvalue weighted by molar-refractivity contribution is -0.147. The number of ether oxygens (including phenoxy) is 2. The maximum absolute atomic E-state index is 12.8. The van der Waals surface area contributed by atoms with E-state index in [4.69, 9.17) is 9.47 Å². The van der Waals surface area contributed by atoms with Gasteiger partial charge in [-0.2, -0.15) is 0 Å². The molecule has 2 aromatic rings. The molecule has 1 heterocycles. The van der Waals surface area contributed by atoms with E-state index >= 15 is 0 Å². The molecule has 33 heavy (non-hydrogen) atoms. The number of alkyl carbamates (subject to hydrolysis) is 1. The number of hydrogen-bond acceptors (Lipinski definition) is 7. The number of esters is 1. The zero-order valence-corrected chi connectivity index (χ0v) is 20.2. The molecule has 2 rings (SSSR count). The normalized spacial score (nSPS) is 13.6. The van der Waals surface area contributed by atoms with Crippen LogP contribution in [-0.4, -0.2) is 48.4 Å². The molecule has 2 amide bonds. The zero-order valence-electron chi connectivity index (χ0n) is 19.4. The Morgan fingerprint density at radius 1 is 1.12 bits per heavy atom. The molecule has 9 heteroatoms. The molecule has 1 aromatic carbocycles. The number of aliphatic hydroxyl groups excluding tert-OH is 1. The second-order valence-electron chi connectivity index (χ2n) is 8.27. The van der Waals surface area contributed by atoms with Crippen molar-refractivity contribution in [3.8, 4) is 0 Å². The van der Waals surface area contributed by atoms with Crippen molar-refractivity contribution in [3.05, 3.63) is 57.8 Å². The van der Waals surface area contributed by atoms with E-state index in [0.717, 1.165) is 16.0 Å². The van der Waals surface area contributed by atoms with Gasteiger partial charge in [-0.05, 0) is 41.8 Å². The number of amides is 2. The van der Waals surface area contributed by atoms with Gasteiger partial charge in [0.25, 0.3) is 5.91 Å². The van der Waals surface area contributed by atoms with Gasteiger partial charge in [0, 0.05) is 11.3 Å². The lowest BCUT2D eigenvalue weighted by Crippen LogP contribution is -2.54. The van der Waals surface area contributed by atoms with Gasteiger partial charge >= 0.3 is 12.1 Å². The fraction of sp³-hybridized carbons (Fsp3) is 0.458. The molecule has 3 N–H and O–H groups in total. The molecule has 0 spiro atoms. The first-order chi connectivity index (χ1) is 15.7. The van der Waals surface area contributed by atoms with E-state index in [2.05, 4.69) is 10.6 Å². The highest BCUT2D eigenvalue weighted by molar-refractivity contribution is 7.10. The average molecular weight is 477 g/mol. The Hall–Kier alpha value is -2.91. The highest BCUT2D eigenvalue weighted by atomic mass is 32.1. The third-order valence-corrected chi connectivity index (χ3v) is 5.96. The van der Waals surface area contributed by atoms with Crippen LogP contribution >= 0.6 is 11.3 Å². The van der Waals surface area contributed by atoms with Crippen LogP contribution in [0.3, 0.4) is 0 Å². The van der Waals surface area contributed by atoms with Crippen molar-refractivity contribution in [2.75, 3.05) is 7.11 Å². The van der Waals surface area contributed by atoms with Crippen LogP contribution in [-0.2, 0) is 32.1 Å². The summed E-state index contributed by atoms with van der Waals surface area (Å²) in [6.45, 7) is 5.81. The highest BCUT2D eigenvalue weighted by Gasteiger charge is 2.32. The van der Waals surface area contributed by atoms with Crippen LogP contribution < -0.4 is 10.6 Å². The fourth-order valence-corrected chi connectivity index (χ4v) is 4.17. The molecule has 0 saturated heterocycles. The van der Waals surface area contributed by atoms with E-state index in [1.165, 1.54) is 18.4 Å².